The van der Waals surface area contributed by atoms with Crippen LogP contribution in [0.15, 0.2) is 47.4 Å². The fraction of sp³-hybridized carbons (Fsp3) is 0.190. The number of thioether (sulfide) groups is 1. The Labute approximate surface area is 199 Å². The van der Waals surface area contributed by atoms with E-state index in [0.717, 1.165) is 28.8 Å². The number of nitrogens with zero attached hydrogens (tertiary/aromatic N) is 1. The third kappa shape index (κ3) is 5.92. The summed E-state index contributed by atoms with van der Waals surface area (Å²) in [6.45, 7) is 4.01. The largest absolute Gasteiger partial charge is 0.490 e. The second kappa shape index (κ2) is 10.4. The number of anilines is 1. The van der Waals surface area contributed by atoms with Gasteiger partial charge in [-0.05, 0) is 55.9 Å². The summed E-state index contributed by atoms with van der Waals surface area (Å²) in [6, 6.07) is 11.4. The smallest absolute Gasteiger partial charge is 0.338 e. The first-order valence-electron chi connectivity index (χ1n) is 9.34. The van der Waals surface area contributed by atoms with Gasteiger partial charge in [0, 0.05) is 11.3 Å². The van der Waals surface area contributed by atoms with Crippen LogP contribution in [0.3, 0.4) is 0 Å². The molecule has 2 aromatic rings. The molecule has 0 saturated carbocycles. The van der Waals surface area contributed by atoms with Gasteiger partial charge in [-0.2, -0.15) is 5.01 Å². The molecule has 162 valence electrons. The van der Waals surface area contributed by atoms with E-state index in [2.05, 4.69) is 10.7 Å². The average Bonchev–Trinajstić information content (AvgIpc) is 2.99. The van der Waals surface area contributed by atoms with Gasteiger partial charge in [0.05, 0.1) is 21.1 Å². The molecule has 2 aromatic carbocycles. The molecule has 2 N–H and O–H groups in total. The van der Waals surface area contributed by atoms with Crippen LogP contribution in [0.4, 0.5) is 10.5 Å². The van der Waals surface area contributed by atoms with Crippen LogP contribution in [0, 0.1) is 0 Å². The van der Waals surface area contributed by atoms with Crippen LogP contribution < -0.4 is 15.5 Å². The number of rotatable bonds is 6. The zero-order valence-corrected chi connectivity index (χ0v) is 19.8. The van der Waals surface area contributed by atoms with Gasteiger partial charge >= 0.3 is 6.03 Å². The Morgan fingerprint density at radius 1 is 1.26 bits per heavy atom. The van der Waals surface area contributed by atoms with Crippen molar-refractivity contribution in [3.8, 4) is 5.75 Å². The van der Waals surface area contributed by atoms with Crippen molar-refractivity contribution >= 4 is 75.2 Å². The lowest BCUT2D eigenvalue weighted by atomic mass is 10.1. The molecule has 0 radical (unpaired) electrons. The van der Waals surface area contributed by atoms with Crippen molar-refractivity contribution < 1.29 is 14.3 Å². The number of amides is 3. The van der Waals surface area contributed by atoms with Crippen LogP contribution in [-0.2, 0) is 4.79 Å². The predicted octanol–water partition coefficient (Wildman–Crippen LogP) is 6.11. The monoisotopic (exact) mass is 495 g/mol. The number of carbonyl (C=O) groups is 2. The van der Waals surface area contributed by atoms with E-state index in [-0.39, 0.29) is 10.4 Å². The van der Waals surface area contributed by atoms with Crippen LogP contribution in [-0.4, -0.2) is 27.4 Å². The van der Waals surface area contributed by atoms with Gasteiger partial charge in [-0.25, -0.2) is 10.2 Å². The minimum absolute atomic E-state index is 0.0378. The van der Waals surface area contributed by atoms with E-state index in [0.29, 0.717) is 26.4 Å². The van der Waals surface area contributed by atoms with Gasteiger partial charge in [-0.3, -0.25) is 4.79 Å². The molecule has 0 aromatic heterocycles. The number of halogens is 2. The number of hydrogen-bond donors (Lipinski definition) is 2. The predicted molar refractivity (Wildman–Crippen MR) is 130 cm³/mol. The van der Waals surface area contributed by atoms with Gasteiger partial charge < -0.3 is 10.1 Å². The van der Waals surface area contributed by atoms with Crippen LogP contribution in [0.2, 0.25) is 10.0 Å². The number of hydrazine groups is 1. The van der Waals surface area contributed by atoms with Crippen LogP contribution in [0.25, 0.3) is 6.08 Å². The highest BCUT2D eigenvalue weighted by Gasteiger charge is 2.34. The average molecular weight is 496 g/mol. The van der Waals surface area contributed by atoms with Crippen molar-refractivity contribution in [3.05, 3.63) is 63.0 Å². The van der Waals surface area contributed by atoms with Crippen molar-refractivity contribution in [2.45, 2.75) is 26.4 Å². The number of benzene rings is 2. The van der Waals surface area contributed by atoms with Crippen LogP contribution in [0.5, 0.6) is 5.75 Å². The minimum atomic E-state index is -0.642. The molecule has 10 heteroatoms. The summed E-state index contributed by atoms with van der Waals surface area (Å²) in [6.07, 6.45) is 2.60. The maximum Gasteiger partial charge on any atom is 0.338 e. The van der Waals surface area contributed by atoms with E-state index in [4.69, 9.17) is 40.2 Å². The molecule has 0 bridgehead atoms. The molecule has 0 spiro atoms. The van der Waals surface area contributed by atoms with Crippen molar-refractivity contribution in [1.82, 2.24) is 10.4 Å². The highest BCUT2D eigenvalue weighted by Crippen LogP contribution is 2.33. The normalized spacial score (nSPS) is 15.9. The topological polar surface area (TPSA) is 70.7 Å². The molecule has 1 aliphatic heterocycles. The first-order valence-corrected chi connectivity index (χ1v) is 11.3. The lowest BCUT2D eigenvalue weighted by Crippen LogP contribution is -2.46. The maximum atomic E-state index is 12.8. The summed E-state index contributed by atoms with van der Waals surface area (Å²) < 4.78 is 6.14. The first kappa shape index (κ1) is 23.4. The number of hydrogen-bond acceptors (Lipinski definition) is 5. The number of nitrogens with one attached hydrogen (secondary N) is 2. The molecule has 3 amide bonds. The standard InChI is InChI=1S/C21H19Cl2N3O3S2/c1-3-12(2)29-17-7-5-4-6-13(17)10-18-19(27)26(21(30)31-18)25-20(28)24-14-8-9-15(22)16(23)11-14/h4-12H,3H2,1-2H3,(H2,24,25,28)/b18-10+/t12-/m0/s1. The summed E-state index contributed by atoms with van der Waals surface area (Å²) in [4.78, 5) is 25.5. The number of ether oxygens (including phenoxy) is 1. The Bertz CT molecular complexity index is 1060. The number of carbonyl (C=O) groups excluding carboxylic acids is 2. The Balaban J connectivity index is 1.72. The zero-order chi connectivity index (χ0) is 22.5. The SMILES string of the molecule is CC[C@H](C)Oc1ccccc1/C=C1/SC(=S)N(NC(=O)Nc2ccc(Cl)c(Cl)c2)C1=O. The van der Waals surface area contributed by atoms with Crippen molar-refractivity contribution in [3.63, 3.8) is 0 Å². The van der Waals surface area contributed by atoms with Crippen molar-refractivity contribution in [1.29, 1.82) is 0 Å². The van der Waals surface area contributed by atoms with Crippen LogP contribution in [0.1, 0.15) is 25.8 Å². The van der Waals surface area contributed by atoms with E-state index in [1.165, 1.54) is 6.07 Å². The highest BCUT2D eigenvalue weighted by atomic mass is 35.5. The Hall–Kier alpha value is -2.26. The van der Waals surface area contributed by atoms with Gasteiger partial charge in [0.25, 0.3) is 5.91 Å². The lowest BCUT2D eigenvalue weighted by molar-refractivity contribution is -0.123. The van der Waals surface area contributed by atoms with Crippen molar-refractivity contribution in [2.24, 2.45) is 0 Å². The van der Waals surface area contributed by atoms with Crippen LogP contribution >= 0.6 is 47.2 Å². The Morgan fingerprint density at radius 3 is 2.71 bits per heavy atom. The first-order chi connectivity index (χ1) is 14.8. The molecule has 31 heavy (non-hydrogen) atoms. The maximum absolute atomic E-state index is 12.8. The van der Waals surface area contributed by atoms with E-state index >= 15 is 0 Å². The summed E-state index contributed by atoms with van der Waals surface area (Å²) in [5.74, 6) is 0.241. The molecule has 1 heterocycles. The highest BCUT2D eigenvalue weighted by molar-refractivity contribution is 8.26. The lowest BCUT2D eigenvalue weighted by Gasteiger charge is -2.16. The van der Waals surface area contributed by atoms with Gasteiger partial charge in [-0.15, -0.1) is 0 Å². The van der Waals surface area contributed by atoms with E-state index < -0.39 is 11.9 Å². The summed E-state index contributed by atoms with van der Waals surface area (Å²) in [7, 11) is 0. The fourth-order valence-electron chi connectivity index (χ4n) is 2.55. The van der Waals surface area contributed by atoms with Gasteiger partial charge in [0.15, 0.2) is 4.32 Å². The molecule has 1 atom stereocenters. The quantitative estimate of drug-likeness (QED) is 0.373. The Morgan fingerprint density at radius 2 is 2.00 bits per heavy atom. The molecule has 0 unspecified atom stereocenters. The fourth-order valence-corrected chi connectivity index (χ4v) is 4.02. The zero-order valence-electron chi connectivity index (χ0n) is 16.6. The van der Waals surface area contributed by atoms with Crippen molar-refractivity contribution in [2.75, 3.05) is 5.32 Å². The molecule has 3 rings (SSSR count). The third-order valence-corrected chi connectivity index (χ3v) is 6.33. The van der Waals surface area contributed by atoms with Gasteiger partial charge in [0.2, 0.25) is 0 Å². The second-order valence-electron chi connectivity index (χ2n) is 6.59. The molecular weight excluding hydrogens is 477 g/mol. The summed E-state index contributed by atoms with van der Waals surface area (Å²) >= 11 is 18.2. The summed E-state index contributed by atoms with van der Waals surface area (Å²) in [5.41, 5.74) is 3.63. The molecular formula is C21H19Cl2N3O3S2. The number of thiocarbonyl (C=S) groups is 1. The third-order valence-electron chi connectivity index (χ3n) is 4.29. The van der Waals surface area contributed by atoms with Gasteiger partial charge in [-0.1, -0.05) is 60.1 Å². The van der Waals surface area contributed by atoms with Gasteiger partial charge in [0.1, 0.15) is 5.75 Å². The summed E-state index contributed by atoms with van der Waals surface area (Å²) in [5, 5.41) is 4.27. The molecule has 0 aliphatic carbocycles. The number of para-hydroxylation sites is 1. The van der Waals surface area contributed by atoms with E-state index in [9.17, 15) is 9.59 Å². The van der Waals surface area contributed by atoms with E-state index in [1.54, 1.807) is 18.2 Å². The molecule has 1 aliphatic rings. The second-order valence-corrected chi connectivity index (χ2v) is 9.08. The molecule has 1 fully saturated rings. The minimum Gasteiger partial charge on any atom is -0.490 e. The Kier molecular flexibility index (Phi) is 7.83. The van der Waals surface area contributed by atoms with E-state index in [1.807, 2.05) is 38.1 Å². The number of urea groups is 1. The molecule has 1 saturated heterocycles. The molecule has 6 nitrogen and oxygen atoms in total.